The van der Waals surface area contributed by atoms with Gasteiger partial charge in [0.1, 0.15) is 5.82 Å². The molecule has 1 heterocycles. The molecule has 1 aliphatic heterocycles. The third-order valence-electron chi connectivity index (χ3n) is 4.94. The summed E-state index contributed by atoms with van der Waals surface area (Å²) in [5.41, 5.74) is -1.48. The molecule has 2 aromatic rings. The molecule has 0 bridgehead atoms. The van der Waals surface area contributed by atoms with Gasteiger partial charge >= 0.3 is 11.9 Å². The minimum absolute atomic E-state index is 0.0667. The summed E-state index contributed by atoms with van der Waals surface area (Å²) in [5, 5.41) is 2.73. The number of fused-ring (bicyclic) bond motifs is 1. The molecule has 0 aromatic heterocycles. The molecule has 8 nitrogen and oxygen atoms in total. The second kappa shape index (κ2) is 10.6. The number of rotatable bonds is 7. The first-order chi connectivity index (χ1) is 16.2. The Labute approximate surface area is 200 Å². The van der Waals surface area contributed by atoms with Gasteiger partial charge in [0.25, 0.3) is 5.54 Å². The fourth-order valence-corrected chi connectivity index (χ4v) is 3.71. The molecule has 2 aromatic carbocycles. The number of ether oxygens (including phenoxy) is 2. The molecule has 1 aliphatic rings. The van der Waals surface area contributed by atoms with Crippen LogP contribution in [0.5, 0.6) is 0 Å². The van der Waals surface area contributed by atoms with Gasteiger partial charge in [0.2, 0.25) is 5.91 Å². The predicted molar refractivity (Wildman–Crippen MR) is 125 cm³/mol. The van der Waals surface area contributed by atoms with Gasteiger partial charge in [-0.1, -0.05) is 23.7 Å². The van der Waals surface area contributed by atoms with Crippen LogP contribution in [0.4, 0.5) is 10.1 Å². The summed E-state index contributed by atoms with van der Waals surface area (Å²) < 4.78 is 25.0. The van der Waals surface area contributed by atoms with Crippen molar-refractivity contribution < 1.29 is 28.2 Å². The van der Waals surface area contributed by atoms with E-state index in [1.807, 2.05) is 0 Å². The molecule has 0 aliphatic carbocycles. The van der Waals surface area contributed by atoms with Crippen LogP contribution in [0.2, 0.25) is 5.02 Å². The number of benzene rings is 2. The standard InChI is InChI=1S/C24H23ClFN3O5/c1-4-33-22(31)24(29-14(3)30,23(32)34-5-2)20-13-27-21(16-8-6-7-9-18(16)26)17-12-15(25)10-11-19(17)28-20/h6-12H,4-5,13H2,1-3H3,(H,29,30). The van der Waals surface area contributed by atoms with Crippen LogP contribution in [-0.4, -0.2) is 54.6 Å². The van der Waals surface area contributed by atoms with Gasteiger partial charge in [-0.05, 0) is 44.2 Å². The molecule has 0 atom stereocenters. The van der Waals surface area contributed by atoms with E-state index in [9.17, 15) is 18.8 Å². The monoisotopic (exact) mass is 487 g/mol. The largest absolute Gasteiger partial charge is 0.463 e. The molecule has 0 spiro atoms. The highest BCUT2D eigenvalue weighted by Crippen LogP contribution is 2.31. The summed E-state index contributed by atoms with van der Waals surface area (Å²) in [6.07, 6.45) is 0. The molecule has 0 saturated heterocycles. The molecule has 34 heavy (non-hydrogen) atoms. The molecule has 0 unspecified atom stereocenters. The molecular weight excluding hydrogens is 465 g/mol. The number of nitrogens with zero attached hydrogens (tertiary/aromatic N) is 2. The second-order valence-electron chi connectivity index (χ2n) is 7.24. The van der Waals surface area contributed by atoms with Crippen LogP contribution in [0.3, 0.4) is 0 Å². The van der Waals surface area contributed by atoms with Crippen LogP contribution in [-0.2, 0) is 23.9 Å². The van der Waals surface area contributed by atoms with Crippen molar-refractivity contribution in [3.8, 4) is 0 Å². The maximum absolute atomic E-state index is 14.7. The lowest BCUT2D eigenvalue weighted by molar-refractivity contribution is -0.163. The summed E-state index contributed by atoms with van der Waals surface area (Å²) in [6.45, 7) is 3.79. The average molecular weight is 488 g/mol. The van der Waals surface area contributed by atoms with Crippen LogP contribution in [0.25, 0.3) is 0 Å². The highest BCUT2D eigenvalue weighted by Gasteiger charge is 2.55. The normalized spacial score (nSPS) is 13.1. The third-order valence-corrected chi connectivity index (χ3v) is 5.18. The van der Waals surface area contributed by atoms with E-state index in [-0.39, 0.29) is 42.4 Å². The van der Waals surface area contributed by atoms with E-state index in [4.69, 9.17) is 21.1 Å². The highest BCUT2D eigenvalue weighted by atomic mass is 35.5. The summed E-state index contributed by atoms with van der Waals surface area (Å²) in [6, 6.07) is 10.7. The zero-order chi connectivity index (χ0) is 24.9. The van der Waals surface area contributed by atoms with E-state index < -0.39 is 29.2 Å². The zero-order valence-electron chi connectivity index (χ0n) is 18.9. The van der Waals surface area contributed by atoms with Crippen molar-refractivity contribution in [2.75, 3.05) is 19.8 Å². The summed E-state index contributed by atoms with van der Waals surface area (Å²) in [4.78, 5) is 47.5. The molecular formula is C24H23ClFN3O5. The first-order valence-corrected chi connectivity index (χ1v) is 10.9. The van der Waals surface area contributed by atoms with Crippen molar-refractivity contribution in [3.05, 3.63) is 64.4 Å². The molecule has 10 heteroatoms. The van der Waals surface area contributed by atoms with E-state index in [0.29, 0.717) is 10.6 Å². The maximum atomic E-state index is 14.7. The van der Waals surface area contributed by atoms with Crippen molar-refractivity contribution in [1.82, 2.24) is 5.32 Å². The SMILES string of the molecule is CCOC(=O)C(NC(C)=O)(C(=O)OCC)C1=Nc2ccc(Cl)cc2C(c2ccccc2F)=NC1. The van der Waals surface area contributed by atoms with E-state index in [0.717, 1.165) is 6.92 Å². The van der Waals surface area contributed by atoms with Crippen molar-refractivity contribution in [3.63, 3.8) is 0 Å². The van der Waals surface area contributed by atoms with E-state index in [1.54, 1.807) is 50.2 Å². The Morgan fingerprint density at radius 1 is 1.06 bits per heavy atom. The predicted octanol–water partition coefficient (Wildman–Crippen LogP) is 3.40. The lowest BCUT2D eigenvalue weighted by Crippen LogP contribution is -2.66. The minimum Gasteiger partial charge on any atom is -0.463 e. The smallest absolute Gasteiger partial charge is 0.349 e. The number of esters is 2. The summed E-state index contributed by atoms with van der Waals surface area (Å²) >= 11 is 6.20. The lowest BCUT2D eigenvalue weighted by Gasteiger charge is -2.30. The Balaban J connectivity index is 2.30. The Morgan fingerprint density at radius 3 is 2.29 bits per heavy atom. The zero-order valence-corrected chi connectivity index (χ0v) is 19.6. The van der Waals surface area contributed by atoms with Gasteiger partial charge in [-0.25, -0.2) is 14.0 Å². The number of nitrogens with one attached hydrogen (secondary N) is 1. The fourth-order valence-electron chi connectivity index (χ4n) is 3.54. The highest BCUT2D eigenvalue weighted by molar-refractivity contribution is 6.33. The first-order valence-electron chi connectivity index (χ1n) is 10.5. The first kappa shape index (κ1) is 25.0. The Kier molecular flexibility index (Phi) is 7.78. The van der Waals surface area contributed by atoms with E-state index >= 15 is 0 Å². The van der Waals surface area contributed by atoms with Gasteiger partial charge < -0.3 is 14.8 Å². The van der Waals surface area contributed by atoms with E-state index in [2.05, 4.69) is 15.3 Å². The van der Waals surface area contributed by atoms with Crippen LogP contribution >= 0.6 is 11.6 Å². The van der Waals surface area contributed by atoms with Crippen molar-refractivity contribution in [2.24, 2.45) is 9.98 Å². The van der Waals surface area contributed by atoms with Gasteiger partial charge in [0.15, 0.2) is 0 Å². The molecule has 0 saturated carbocycles. The number of hydrogen-bond donors (Lipinski definition) is 1. The summed E-state index contributed by atoms with van der Waals surface area (Å²) in [5.74, 6) is -3.35. The van der Waals surface area contributed by atoms with Crippen molar-refractivity contribution >= 4 is 46.6 Å². The average Bonchev–Trinajstić information content (AvgIpc) is 2.97. The van der Waals surface area contributed by atoms with Crippen LogP contribution in [0.15, 0.2) is 52.4 Å². The van der Waals surface area contributed by atoms with Crippen molar-refractivity contribution in [2.45, 2.75) is 26.3 Å². The van der Waals surface area contributed by atoms with E-state index in [1.165, 1.54) is 6.07 Å². The van der Waals surface area contributed by atoms with Gasteiger partial charge in [-0.15, -0.1) is 0 Å². The molecule has 0 fully saturated rings. The minimum atomic E-state index is -2.39. The number of carbonyl (C=O) groups is 3. The second-order valence-corrected chi connectivity index (χ2v) is 7.67. The quantitative estimate of drug-likeness (QED) is 0.476. The summed E-state index contributed by atoms with van der Waals surface area (Å²) in [7, 11) is 0. The third kappa shape index (κ3) is 4.84. The van der Waals surface area contributed by atoms with Gasteiger partial charge in [-0.3, -0.25) is 14.8 Å². The van der Waals surface area contributed by atoms with Crippen molar-refractivity contribution in [1.29, 1.82) is 0 Å². The van der Waals surface area contributed by atoms with Gasteiger partial charge in [0, 0.05) is 23.1 Å². The molecule has 1 N–H and O–H groups in total. The Hall–Kier alpha value is -3.59. The van der Waals surface area contributed by atoms with Gasteiger partial charge in [-0.2, -0.15) is 0 Å². The molecule has 3 rings (SSSR count). The van der Waals surface area contributed by atoms with Crippen LogP contribution < -0.4 is 5.32 Å². The number of halogens is 2. The fraction of sp³-hybridized carbons (Fsp3) is 0.292. The number of hydrogen-bond acceptors (Lipinski definition) is 7. The molecule has 1 amide bonds. The maximum Gasteiger partial charge on any atom is 0.349 e. The molecule has 0 radical (unpaired) electrons. The van der Waals surface area contributed by atoms with Crippen LogP contribution in [0.1, 0.15) is 31.9 Å². The van der Waals surface area contributed by atoms with Crippen LogP contribution in [0, 0.1) is 5.82 Å². The number of aliphatic imine (C=N–C) groups is 2. The Morgan fingerprint density at radius 2 is 1.71 bits per heavy atom. The topological polar surface area (TPSA) is 106 Å². The number of amides is 1. The molecule has 178 valence electrons. The lowest BCUT2D eigenvalue weighted by atomic mass is 9.92. The number of carbonyl (C=O) groups excluding carboxylic acids is 3. The van der Waals surface area contributed by atoms with Gasteiger partial charge in [0.05, 0.1) is 36.9 Å². The Bertz CT molecular complexity index is 1180.